The number of aromatic nitrogens is 2. The van der Waals surface area contributed by atoms with Gasteiger partial charge in [0, 0.05) is 16.1 Å². The van der Waals surface area contributed by atoms with Gasteiger partial charge in [0.25, 0.3) is 0 Å². The van der Waals surface area contributed by atoms with E-state index in [9.17, 15) is 9.59 Å². The number of nitrogens with zero attached hydrogens (tertiary/aromatic N) is 2. The van der Waals surface area contributed by atoms with Crippen LogP contribution in [0.4, 0.5) is 5.69 Å². The maximum absolute atomic E-state index is 12.9. The zero-order valence-electron chi connectivity index (χ0n) is 16.4. The first-order valence-corrected chi connectivity index (χ1v) is 9.93. The summed E-state index contributed by atoms with van der Waals surface area (Å²) in [5.74, 6) is -0.820. The van der Waals surface area contributed by atoms with Crippen molar-refractivity contribution in [2.45, 2.75) is 27.3 Å². The topological polar surface area (TPSA) is 64.0 Å². The fraction of sp³-hybridized carbons (Fsp3) is 0.227. The van der Waals surface area contributed by atoms with Crippen LogP contribution >= 0.6 is 23.2 Å². The van der Waals surface area contributed by atoms with Crippen molar-refractivity contribution >= 4 is 40.6 Å². The highest BCUT2D eigenvalue weighted by Crippen LogP contribution is 2.25. The second kappa shape index (κ2) is 8.80. The Hall–Kier alpha value is -2.63. The molecule has 1 amide bonds. The SMILES string of the molecule is Cc1nn(CC(C)C(=O)Nc2ccc(Cl)cc2C(=O)c2ccccc2)c(C)c1Cl. The number of amides is 1. The van der Waals surface area contributed by atoms with E-state index in [1.54, 1.807) is 54.1 Å². The zero-order valence-corrected chi connectivity index (χ0v) is 17.9. The summed E-state index contributed by atoms with van der Waals surface area (Å²) in [6, 6.07) is 13.7. The molecule has 2 aromatic carbocycles. The Morgan fingerprint density at radius 2 is 1.79 bits per heavy atom. The minimum Gasteiger partial charge on any atom is -0.325 e. The normalized spacial score (nSPS) is 11.9. The van der Waals surface area contributed by atoms with Crippen molar-refractivity contribution in [1.82, 2.24) is 9.78 Å². The van der Waals surface area contributed by atoms with E-state index >= 15 is 0 Å². The second-order valence-electron chi connectivity index (χ2n) is 6.94. The molecule has 1 aromatic heterocycles. The van der Waals surface area contributed by atoms with Crippen molar-refractivity contribution in [3.05, 3.63) is 81.1 Å². The fourth-order valence-corrected chi connectivity index (χ4v) is 3.32. The van der Waals surface area contributed by atoms with Crippen LogP contribution in [-0.2, 0) is 11.3 Å². The van der Waals surface area contributed by atoms with Gasteiger partial charge < -0.3 is 5.32 Å². The van der Waals surface area contributed by atoms with Crippen molar-refractivity contribution in [3.8, 4) is 0 Å². The smallest absolute Gasteiger partial charge is 0.229 e. The summed E-state index contributed by atoms with van der Waals surface area (Å²) in [7, 11) is 0. The van der Waals surface area contributed by atoms with Crippen LogP contribution in [0.5, 0.6) is 0 Å². The number of hydrogen-bond acceptors (Lipinski definition) is 3. The lowest BCUT2D eigenvalue weighted by atomic mass is 10.0. The highest BCUT2D eigenvalue weighted by Gasteiger charge is 2.20. The van der Waals surface area contributed by atoms with Crippen LogP contribution in [0.15, 0.2) is 48.5 Å². The molecule has 150 valence electrons. The Bertz CT molecular complexity index is 1060. The predicted molar refractivity (Wildman–Crippen MR) is 116 cm³/mol. The molecule has 7 heteroatoms. The molecule has 1 N–H and O–H groups in total. The van der Waals surface area contributed by atoms with Gasteiger partial charge in [-0.15, -0.1) is 0 Å². The summed E-state index contributed by atoms with van der Waals surface area (Å²) >= 11 is 12.3. The van der Waals surface area contributed by atoms with E-state index in [0.717, 1.165) is 11.4 Å². The van der Waals surface area contributed by atoms with E-state index in [1.165, 1.54) is 0 Å². The van der Waals surface area contributed by atoms with Crippen LogP contribution in [0.2, 0.25) is 10.0 Å². The Morgan fingerprint density at radius 1 is 1.10 bits per heavy atom. The van der Waals surface area contributed by atoms with Gasteiger partial charge >= 0.3 is 0 Å². The van der Waals surface area contributed by atoms with Gasteiger partial charge in [0.1, 0.15) is 0 Å². The number of benzene rings is 2. The Labute approximate surface area is 179 Å². The molecule has 3 aromatic rings. The lowest BCUT2D eigenvalue weighted by molar-refractivity contribution is -0.119. The van der Waals surface area contributed by atoms with Crippen LogP contribution < -0.4 is 5.32 Å². The average molecular weight is 430 g/mol. The molecular weight excluding hydrogens is 409 g/mol. The molecule has 0 bridgehead atoms. The third kappa shape index (κ3) is 4.69. The van der Waals surface area contributed by atoms with Crippen molar-refractivity contribution in [2.24, 2.45) is 5.92 Å². The second-order valence-corrected chi connectivity index (χ2v) is 7.76. The van der Waals surface area contributed by atoms with Gasteiger partial charge in [-0.05, 0) is 32.0 Å². The summed E-state index contributed by atoms with van der Waals surface area (Å²) in [6.07, 6.45) is 0. The van der Waals surface area contributed by atoms with Crippen LogP contribution in [0.1, 0.15) is 34.2 Å². The minimum atomic E-state index is -0.389. The minimum absolute atomic E-state index is 0.207. The van der Waals surface area contributed by atoms with Crippen molar-refractivity contribution in [1.29, 1.82) is 0 Å². The largest absolute Gasteiger partial charge is 0.325 e. The molecule has 1 unspecified atom stereocenters. The maximum atomic E-state index is 12.9. The number of nitrogens with one attached hydrogen (secondary N) is 1. The first-order chi connectivity index (χ1) is 13.8. The summed E-state index contributed by atoms with van der Waals surface area (Å²) in [6.45, 7) is 5.86. The van der Waals surface area contributed by atoms with Gasteiger partial charge in [0.05, 0.1) is 34.6 Å². The van der Waals surface area contributed by atoms with E-state index in [-0.39, 0.29) is 17.6 Å². The van der Waals surface area contributed by atoms with Gasteiger partial charge in [0.2, 0.25) is 5.91 Å². The summed E-state index contributed by atoms with van der Waals surface area (Å²) in [4.78, 5) is 25.7. The molecule has 0 saturated heterocycles. The Balaban J connectivity index is 1.81. The highest BCUT2D eigenvalue weighted by atomic mass is 35.5. The van der Waals surface area contributed by atoms with Crippen LogP contribution in [0, 0.1) is 19.8 Å². The molecule has 5 nitrogen and oxygen atoms in total. The molecule has 29 heavy (non-hydrogen) atoms. The van der Waals surface area contributed by atoms with Crippen molar-refractivity contribution < 1.29 is 9.59 Å². The summed E-state index contributed by atoms with van der Waals surface area (Å²) in [5.41, 5.74) is 2.83. The third-order valence-corrected chi connectivity index (χ3v) is 5.49. The van der Waals surface area contributed by atoms with Crippen LogP contribution in [-0.4, -0.2) is 21.5 Å². The van der Waals surface area contributed by atoms with Gasteiger partial charge in [0.15, 0.2) is 5.78 Å². The summed E-state index contributed by atoms with van der Waals surface area (Å²) < 4.78 is 1.72. The maximum Gasteiger partial charge on any atom is 0.229 e. The Kier molecular flexibility index (Phi) is 6.40. The molecule has 0 saturated carbocycles. The number of anilines is 1. The van der Waals surface area contributed by atoms with Gasteiger partial charge in [-0.1, -0.05) is 60.5 Å². The molecular formula is C22H21Cl2N3O2. The molecule has 0 aliphatic carbocycles. The number of aryl methyl sites for hydroxylation is 1. The lowest BCUT2D eigenvalue weighted by Gasteiger charge is -2.16. The van der Waals surface area contributed by atoms with Crippen molar-refractivity contribution in [2.75, 3.05) is 5.32 Å². The molecule has 1 atom stereocenters. The number of hydrogen-bond donors (Lipinski definition) is 1. The van der Waals surface area contributed by atoms with Gasteiger partial charge in [-0.3, -0.25) is 14.3 Å². The monoisotopic (exact) mass is 429 g/mol. The zero-order chi connectivity index (χ0) is 21.1. The molecule has 0 spiro atoms. The van der Waals surface area contributed by atoms with Gasteiger partial charge in [-0.25, -0.2) is 0 Å². The molecule has 0 aliphatic rings. The third-order valence-electron chi connectivity index (χ3n) is 4.71. The van der Waals surface area contributed by atoms with E-state index in [0.29, 0.717) is 33.4 Å². The van der Waals surface area contributed by atoms with Crippen molar-refractivity contribution in [3.63, 3.8) is 0 Å². The average Bonchev–Trinajstić information content (AvgIpc) is 2.95. The Morgan fingerprint density at radius 3 is 2.41 bits per heavy atom. The van der Waals surface area contributed by atoms with E-state index in [2.05, 4.69) is 10.4 Å². The van der Waals surface area contributed by atoms with Crippen LogP contribution in [0.3, 0.4) is 0 Å². The number of rotatable bonds is 6. The van der Waals surface area contributed by atoms with E-state index < -0.39 is 0 Å². The number of ketones is 1. The van der Waals surface area contributed by atoms with E-state index in [1.807, 2.05) is 19.9 Å². The van der Waals surface area contributed by atoms with Crippen LogP contribution in [0.25, 0.3) is 0 Å². The fourth-order valence-electron chi connectivity index (χ4n) is 3.01. The molecule has 0 radical (unpaired) electrons. The standard InChI is InChI=1S/C22H21Cl2N3O2/c1-13(12-27-15(3)20(24)14(2)26-27)22(29)25-19-10-9-17(23)11-18(19)21(28)16-7-5-4-6-8-16/h4-11,13H,12H2,1-3H3,(H,25,29). The first kappa shape index (κ1) is 21.1. The lowest BCUT2D eigenvalue weighted by Crippen LogP contribution is -2.26. The first-order valence-electron chi connectivity index (χ1n) is 9.17. The molecule has 3 rings (SSSR count). The predicted octanol–water partition coefficient (Wildman–Crippen LogP) is 5.31. The molecule has 0 aliphatic heterocycles. The molecule has 0 fully saturated rings. The number of carbonyl (C=O) groups is 2. The highest BCUT2D eigenvalue weighted by molar-refractivity contribution is 6.32. The number of halogens is 2. The van der Waals surface area contributed by atoms with Gasteiger partial charge in [-0.2, -0.15) is 5.10 Å². The summed E-state index contributed by atoms with van der Waals surface area (Å²) in [5, 5.41) is 8.25. The quantitative estimate of drug-likeness (QED) is 0.539. The number of carbonyl (C=O) groups excluding carboxylic acids is 2. The van der Waals surface area contributed by atoms with E-state index in [4.69, 9.17) is 23.2 Å². The molecule has 1 heterocycles.